The van der Waals surface area contributed by atoms with Gasteiger partial charge in [-0.1, -0.05) is 13.0 Å². The summed E-state index contributed by atoms with van der Waals surface area (Å²) in [5, 5.41) is 14.7. The van der Waals surface area contributed by atoms with E-state index in [4.69, 9.17) is 0 Å². The molecule has 2 heterocycles. The van der Waals surface area contributed by atoms with Crippen LogP contribution in [0.5, 0.6) is 0 Å². The van der Waals surface area contributed by atoms with E-state index in [1.807, 2.05) is 25.1 Å². The normalized spacial score (nSPS) is 10.9. The lowest BCUT2D eigenvalue weighted by Crippen LogP contribution is -2.19. The number of amides is 1. The maximum absolute atomic E-state index is 12.1. The van der Waals surface area contributed by atoms with Gasteiger partial charge in [0, 0.05) is 30.2 Å². The molecular weight excluding hydrogens is 346 g/mol. The van der Waals surface area contributed by atoms with E-state index in [0.29, 0.717) is 5.69 Å². The molecule has 2 aromatic heterocycles. The summed E-state index contributed by atoms with van der Waals surface area (Å²) in [6.45, 7) is 2.01. The van der Waals surface area contributed by atoms with Crippen molar-refractivity contribution in [3.05, 3.63) is 88.0 Å². The number of pyridine rings is 1. The fourth-order valence-electron chi connectivity index (χ4n) is 2.45. The molecule has 8 nitrogen and oxygen atoms in total. The van der Waals surface area contributed by atoms with Crippen LogP contribution in [-0.2, 0) is 6.42 Å². The van der Waals surface area contributed by atoms with Crippen LogP contribution < -0.4 is 5.43 Å². The molecule has 27 heavy (non-hydrogen) atoms. The van der Waals surface area contributed by atoms with Gasteiger partial charge in [0.25, 0.3) is 11.6 Å². The number of hydrogen-bond donors (Lipinski definition) is 1. The number of rotatable bonds is 6. The molecule has 0 aliphatic heterocycles. The molecule has 0 spiro atoms. The van der Waals surface area contributed by atoms with Gasteiger partial charge in [0.2, 0.25) is 0 Å². The maximum atomic E-state index is 12.1. The Morgan fingerprint density at radius 1 is 1.26 bits per heavy atom. The minimum absolute atomic E-state index is 0.0231. The number of nitrogens with one attached hydrogen (secondary N) is 1. The number of benzene rings is 1. The highest BCUT2D eigenvalue weighted by Gasteiger charge is 2.08. The topological polar surface area (TPSA) is 102 Å². The van der Waals surface area contributed by atoms with Gasteiger partial charge in [-0.05, 0) is 42.3 Å². The Labute approximate surface area is 155 Å². The van der Waals surface area contributed by atoms with Crippen molar-refractivity contribution in [2.24, 2.45) is 5.10 Å². The van der Waals surface area contributed by atoms with Gasteiger partial charge < -0.3 is 4.57 Å². The molecule has 1 amide bonds. The Hall–Kier alpha value is -3.81. The Balaban J connectivity index is 1.70. The lowest BCUT2D eigenvalue weighted by Gasteiger charge is -2.06. The van der Waals surface area contributed by atoms with Gasteiger partial charge in [-0.3, -0.25) is 19.9 Å². The van der Waals surface area contributed by atoms with Crippen LogP contribution in [0, 0.1) is 10.1 Å². The average molecular weight is 363 g/mol. The molecule has 3 aromatic rings. The first-order valence-electron chi connectivity index (χ1n) is 8.29. The largest absolute Gasteiger partial charge is 0.316 e. The average Bonchev–Trinajstić information content (AvgIpc) is 3.16. The van der Waals surface area contributed by atoms with Gasteiger partial charge >= 0.3 is 0 Å². The van der Waals surface area contributed by atoms with Crippen molar-refractivity contribution in [2.45, 2.75) is 13.3 Å². The summed E-state index contributed by atoms with van der Waals surface area (Å²) < 4.78 is 1.80. The minimum Gasteiger partial charge on any atom is -0.316 e. The lowest BCUT2D eigenvalue weighted by molar-refractivity contribution is -0.384. The van der Waals surface area contributed by atoms with Gasteiger partial charge in [-0.15, -0.1) is 0 Å². The number of hydrogen-bond acceptors (Lipinski definition) is 5. The van der Waals surface area contributed by atoms with Crippen molar-refractivity contribution in [1.29, 1.82) is 0 Å². The van der Waals surface area contributed by atoms with Crippen molar-refractivity contribution in [3.8, 4) is 5.69 Å². The van der Waals surface area contributed by atoms with Gasteiger partial charge in [0.1, 0.15) is 5.69 Å². The predicted molar refractivity (Wildman–Crippen MR) is 101 cm³/mol. The number of aryl methyl sites for hydroxylation is 1. The second kappa shape index (κ2) is 8.05. The molecule has 0 aliphatic carbocycles. The Morgan fingerprint density at radius 3 is 2.67 bits per heavy atom. The number of hydrazone groups is 1. The second-order valence-corrected chi connectivity index (χ2v) is 5.68. The zero-order valence-electron chi connectivity index (χ0n) is 14.6. The summed E-state index contributed by atoms with van der Waals surface area (Å²) in [7, 11) is 0. The monoisotopic (exact) mass is 363 g/mol. The van der Waals surface area contributed by atoms with E-state index in [1.165, 1.54) is 18.3 Å². The maximum Gasteiger partial charge on any atom is 0.289 e. The molecule has 8 heteroatoms. The molecule has 3 rings (SSSR count). The van der Waals surface area contributed by atoms with Crippen molar-refractivity contribution >= 4 is 17.8 Å². The van der Waals surface area contributed by atoms with E-state index >= 15 is 0 Å². The first kappa shape index (κ1) is 18.0. The van der Waals surface area contributed by atoms with Crippen LogP contribution in [0.25, 0.3) is 5.69 Å². The highest BCUT2D eigenvalue weighted by atomic mass is 16.6. The molecule has 0 saturated heterocycles. The van der Waals surface area contributed by atoms with E-state index in [2.05, 4.69) is 15.5 Å². The molecule has 1 N–H and O–H groups in total. The van der Waals surface area contributed by atoms with Gasteiger partial charge in [0.15, 0.2) is 0 Å². The highest BCUT2D eigenvalue weighted by Crippen LogP contribution is 2.16. The Morgan fingerprint density at radius 2 is 2.04 bits per heavy atom. The number of non-ortho nitro benzene ring substituents is 1. The molecular formula is C19H17N5O3. The summed E-state index contributed by atoms with van der Waals surface area (Å²) in [5.41, 5.74) is 5.26. The Bertz CT molecular complexity index is 975. The summed E-state index contributed by atoms with van der Waals surface area (Å²) in [6.07, 6.45) is 5.82. The van der Waals surface area contributed by atoms with E-state index in [0.717, 1.165) is 17.7 Å². The zero-order valence-corrected chi connectivity index (χ0v) is 14.6. The molecule has 0 aliphatic rings. The van der Waals surface area contributed by atoms with Crippen molar-refractivity contribution in [1.82, 2.24) is 15.0 Å². The van der Waals surface area contributed by atoms with E-state index in [-0.39, 0.29) is 11.4 Å². The summed E-state index contributed by atoms with van der Waals surface area (Å²) in [4.78, 5) is 26.5. The summed E-state index contributed by atoms with van der Waals surface area (Å²) in [6, 6.07) is 13.3. The van der Waals surface area contributed by atoms with Gasteiger partial charge in [-0.2, -0.15) is 5.10 Å². The first-order chi connectivity index (χ1) is 13.1. The fraction of sp³-hybridized carbons (Fsp3) is 0.105. The molecule has 0 unspecified atom stereocenters. The third-order valence-electron chi connectivity index (χ3n) is 3.95. The highest BCUT2D eigenvalue weighted by molar-refractivity contribution is 5.93. The summed E-state index contributed by atoms with van der Waals surface area (Å²) >= 11 is 0. The first-order valence-corrected chi connectivity index (χ1v) is 8.29. The zero-order chi connectivity index (χ0) is 19.2. The van der Waals surface area contributed by atoms with Crippen molar-refractivity contribution < 1.29 is 9.72 Å². The number of nitro groups is 1. The smallest absolute Gasteiger partial charge is 0.289 e. The van der Waals surface area contributed by atoms with Crippen LogP contribution >= 0.6 is 0 Å². The van der Waals surface area contributed by atoms with Crippen LogP contribution in [-0.4, -0.2) is 26.6 Å². The molecule has 136 valence electrons. The quantitative estimate of drug-likeness (QED) is 0.413. The van der Waals surface area contributed by atoms with Crippen LogP contribution in [0.1, 0.15) is 28.7 Å². The lowest BCUT2D eigenvalue weighted by atomic mass is 10.2. The summed E-state index contributed by atoms with van der Waals surface area (Å²) in [5.74, 6) is -0.401. The number of nitrogens with zero attached hydrogens (tertiary/aromatic N) is 4. The van der Waals surface area contributed by atoms with Gasteiger partial charge in [-0.25, -0.2) is 5.43 Å². The number of carbonyl (C=O) groups excluding carboxylic acids is 1. The van der Waals surface area contributed by atoms with Crippen molar-refractivity contribution in [2.75, 3.05) is 0 Å². The van der Waals surface area contributed by atoms with Crippen LogP contribution in [0.4, 0.5) is 5.69 Å². The number of carbonyl (C=O) groups is 1. The van der Waals surface area contributed by atoms with Crippen LogP contribution in [0.15, 0.2) is 66.0 Å². The molecule has 0 bridgehead atoms. The van der Waals surface area contributed by atoms with E-state index in [1.54, 1.807) is 35.2 Å². The molecule has 0 radical (unpaired) electrons. The fourth-order valence-corrected chi connectivity index (χ4v) is 2.45. The Kier molecular flexibility index (Phi) is 5.36. The second-order valence-electron chi connectivity index (χ2n) is 5.68. The van der Waals surface area contributed by atoms with Crippen LogP contribution in [0.2, 0.25) is 0 Å². The van der Waals surface area contributed by atoms with Gasteiger partial charge in [0.05, 0.1) is 16.8 Å². The number of aromatic nitrogens is 2. The third-order valence-corrected chi connectivity index (χ3v) is 3.95. The molecule has 1 aromatic carbocycles. The number of nitro benzene ring substituents is 1. The predicted octanol–water partition coefficient (Wildman–Crippen LogP) is 3.11. The molecule has 0 atom stereocenters. The van der Waals surface area contributed by atoms with E-state index < -0.39 is 10.8 Å². The van der Waals surface area contributed by atoms with E-state index in [9.17, 15) is 14.9 Å². The van der Waals surface area contributed by atoms with Crippen LogP contribution in [0.3, 0.4) is 0 Å². The third kappa shape index (κ3) is 4.24. The SMILES string of the molecule is CCc1ccc(C(=O)NN=Cc2cccn2-c2ccc([N+](=O)[O-])cc2)nc1. The van der Waals surface area contributed by atoms with Crippen molar-refractivity contribution in [3.63, 3.8) is 0 Å². The molecule has 0 saturated carbocycles. The molecule has 0 fully saturated rings. The standard InChI is InChI=1S/C19H17N5O3/c1-2-14-5-10-18(20-12-14)19(25)22-21-13-17-4-3-11-23(17)15-6-8-16(9-7-15)24(26)27/h3-13H,2H2,1H3,(H,22,25). The minimum atomic E-state index is -0.446.